The lowest BCUT2D eigenvalue weighted by Gasteiger charge is -2.24. The number of nitriles is 1. The van der Waals surface area contributed by atoms with Crippen LogP contribution in [0, 0.1) is 11.3 Å². The molecule has 0 saturated carbocycles. The molecule has 0 saturated heterocycles. The second-order valence-electron chi connectivity index (χ2n) is 6.23. The van der Waals surface area contributed by atoms with E-state index in [1.807, 2.05) is 29.7 Å². The SMILES string of the molecule is CC1CNC(=O)c2cc3ccc(C(=O)Nc4ccc(C#N)nc4)cc3n21. The minimum absolute atomic E-state index is 0.103. The van der Waals surface area contributed by atoms with Gasteiger partial charge in [-0.25, -0.2) is 4.98 Å². The fourth-order valence-electron chi connectivity index (χ4n) is 3.17. The first-order chi connectivity index (χ1) is 12.6. The summed E-state index contributed by atoms with van der Waals surface area (Å²) < 4.78 is 1.97. The van der Waals surface area contributed by atoms with Crippen LogP contribution in [0.25, 0.3) is 10.9 Å². The van der Waals surface area contributed by atoms with Gasteiger partial charge in [-0.15, -0.1) is 0 Å². The van der Waals surface area contributed by atoms with E-state index in [1.165, 1.54) is 6.20 Å². The summed E-state index contributed by atoms with van der Waals surface area (Å²) in [6, 6.07) is 12.4. The minimum Gasteiger partial charge on any atom is -0.349 e. The maximum atomic E-state index is 12.6. The molecule has 0 aliphatic carbocycles. The Labute approximate surface area is 149 Å². The topological polar surface area (TPSA) is 99.8 Å². The van der Waals surface area contributed by atoms with Gasteiger partial charge in [-0.1, -0.05) is 6.07 Å². The summed E-state index contributed by atoms with van der Waals surface area (Å²) in [6.07, 6.45) is 1.44. The van der Waals surface area contributed by atoms with Crippen LogP contribution < -0.4 is 10.6 Å². The Morgan fingerprint density at radius 1 is 1.35 bits per heavy atom. The van der Waals surface area contributed by atoms with Crippen molar-refractivity contribution in [3.63, 3.8) is 0 Å². The summed E-state index contributed by atoms with van der Waals surface area (Å²) in [7, 11) is 0. The van der Waals surface area contributed by atoms with Gasteiger partial charge in [-0.3, -0.25) is 9.59 Å². The fourth-order valence-corrected chi connectivity index (χ4v) is 3.17. The number of aromatic nitrogens is 2. The average Bonchev–Trinajstić information content (AvgIpc) is 3.05. The first-order valence-electron chi connectivity index (χ1n) is 8.17. The highest BCUT2D eigenvalue weighted by molar-refractivity contribution is 6.07. The van der Waals surface area contributed by atoms with Gasteiger partial charge in [0, 0.05) is 29.1 Å². The van der Waals surface area contributed by atoms with Crippen LogP contribution in [0.15, 0.2) is 42.6 Å². The zero-order valence-electron chi connectivity index (χ0n) is 14.0. The number of nitrogens with one attached hydrogen (secondary N) is 2. The maximum Gasteiger partial charge on any atom is 0.268 e. The number of carbonyl (C=O) groups excluding carboxylic acids is 2. The first-order valence-corrected chi connectivity index (χ1v) is 8.17. The molecule has 4 rings (SSSR count). The molecular weight excluding hydrogens is 330 g/mol. The molecule has 1 atom stereocenters. The van der Waals surface area contributed by atoms with Gasteiger partial charge in [-0.2, -0.15) is 5.26 Å². The Hall–Kier alpha value is -3.66. The van der Waals surface area contributed by atoms with Crippen molar-refractivity contribution in [1.29, 1.82) is 5.26 Å². The van der Waals surface area contributed by atoms with Crippen molar-refractivity contribution in [2.45, 2.75) is 13.0 Å². The Balaban J connectivity index is 1.68. The quantitative estimate of drug-likeness (QED) is 0.745. The molecule has 7 nitrogen and oxygen atoms in total. The lowest BCUT2D eigenvalue weighted by Crippen LogP contribution is -2.37. The van der Waals surface area contributed by atoms with Gasteiger partial charge in [0.25, 0.3) is 11.8 Å². The number of fused-ring (bicyclic) bond motifs is 3. The Morgan fingerprint density at radius 2 is 2.19 bits per heavy atom. The summed E-state index contributed by atoms with van der Waals surface area (Å²) in [4.78, 5) is 28.6. The largest absolute Gasteiger partial charge is 0.349 e. The molecule has 0 spiro atoms. The molecule has 26 heavy (non-hydrogen) atoms. The van der Waals surface area contributed by atoms with Gasteiger partial charge < -0.3 is 15.2 Å². The first kappa shape index (κ1) is 15.8. The molecule has 2 aromatic heterocycles. The second kappa shape index (κ2) is 6.01. The fraction of sp³-hybridized carbons (Fsp3) is 0.158. The Kier molecular flexibility index (Phi) is 3.66. The molecule has 2 amide bonds. The van der Waals surface area contributed by atoms with E-state index >= 15 is 0 Å². The number of amides is 2. The van der Waals surface area contributed by atoms with Crippen LogP contribution in [-0.2, 0) is 0 Å². The number of pyridine rings is 1. The summed E-state index contributed by atoms with van der Waals surface area (Å²) in [5.41, 5.74) is 2.75. The molecule has 0 bridgehead atoms. The Morgan fingerprint density at radius 3 is 2.92 bits per heavy atom. The Bertz CT molecular complexity index is 1080. The third-order valence-corrected chi connectivity index (χ3v) is 4.47. The molecule has 1 aliphatic heterocycles. The molecule has 1 unspecified atom stereocenters. The lowest BCUT2D eigenvalue weighted by molar-refractivity contribution is 0.0919. The number of hydrogen-bond donors (Lipinski definition) is 2. The average molecular weight is 345 g/mol. The van der Waals surface area contributed by atoms with E-state index in [0.717, 1.165) is 10.9 Å². The highest BCUT2D eigenvalue weighted by Crippen LogP contribution is 2.27. The van der Waals surface area contributed by atoms with Gasteiger partial charge in [-0.05, 0) is 37.3 Å². The van der Waals surface area contributed by atoms with Crippen molar-refractivity contribution in [1.82, 2.24) is 14.9 Å². The summed E-state index contributed by atoms with van der Waals surface area (Å²) in [5.74, 6) is -0.379. The van der Waals surface area contributed by atoms with Crippen LogP contribution in [0.3, 0.4) is 0 Å². The van der Waals surface area contributed by atoms with Crippen molar-refractivity contribution in [3.8, 4) is 6.07 Å². The predicted octanol–water partition coefficient (Wildman–Crippen LogP) is 2.46. The number of carbonyl (C=O) groups is 2. The normalized spacial score (nSPS) is 15.8. The number of rotatable bonds is 2. The van der Waals surface area contributed by atoms with Crippen LogP contribution in [-0.4, -0.2) is 27.9 Å². The molecule has 128 valence electrons. The van der Waals surface area contributed by atoms with Gasteiger partial charge in [0.1, 0.15) is 17.5 Å². The number of benzene rings is 1. The van der Waals surface area contributed by atoms with Crippen molar-refractivity contribution in [3.05, 3.63) is 59.5 Å². The predicted molar refractivity (Wildman–Crippen MR) is 95.9 cm³/mol. The van der Waals surface area contributed by atoms with Crippen molar-refractivity contribution in [2.24, 2.45) is 0 Å². The molecule has 0 fully saturated rings. The summed E-state index contributed by atoms with van der Waals surface area (Å²) >= 11 is 0. The number of hydrogen-bond acceptors (Lipinski definition) is 4. The van der Waals surface area contributed by atoms with Crippen LogP contribution in [0.4, 0.5) is 5.69 Å². The molecule has 1 aliphatic rings. The van der Waals surface area contributed by atoms with Crippen LogP contribution in [0.1, 0.15) is 39.5 Å². The number of nitrogens with zero attached hydrogens (tertiary/aromatic N) is 3. The van der Waals surface area contributed by atoms with Crippen molar-refractivity contribution < 1.29 is 9.59 Å². The van der Waals surface area contributed by atoms with Crippen LogP contribution >= 0.6 is 0 Å². The van der Waals surface area contributed by atoms with E-state index in [-0.39, 0.29) is 23.6 Å². The molecule has 0 radical (unpaired) electrons. The molecule has 7 heteroatoms. The minimum atomic E-state index is -0.276. The van der Waals surface area contributed by atoms with Crippen LogP contribution in [0.2, 0.25) is 0 Å². The van der Waals surface area contributed by atoms with Crippen molar-refractivity contribution >= 4 is 28.4 Å². The number of anilines is 1. The zero-order chi connectivity index (χ0) is 18.3. The monoisotopic (exact) mass is 345 g/mol. The zero-order valence-corrected chi connectivity index (χ0v) is 14.0. The van der Waals surface area contributed by atoms with E-state index in [9.17, 15) is 9.59 Å². The molecule has 3 aromatic rings. The highest BCUT2D eigenvalue weighted by atomic mass is 16.2. The van der Waals surface area contributed by atoms with E-state index in [0.29, 0.717) is 23.5 Å². The lowest BCUT2D eigenvalue weighted by atomic mass is 10.1. The maximum absolute atomic E-state index is 12.6. The van der Waals surface area contributed by atoms with Gasteiger partial charge in [0.2, 0.25) is 0 Å². The van der Waals surface area contributed by atoms with E-state index < -0.39 is 0 Å². The third-order valence-electron chi connectivity index (χ3n) is 4.47. The van der Waals surface area contributed by atoms with E-state index in [2.05, 4.69) is 15.6 Å². The van der Waals surface area contributed by atoms with Gasteiger partial charge in [0.05, 0.1) is 11.9 Å². The van der Waals surface area contributed by atoms with Gasteiger partial charge in [0.15, 0.2) is 0 Å². The third kappa shape index (κ3) is 2.58. The highest BCUT2D eigenvalue weighted by Gasteiger charge is 2.24. The smallest absolute Gasteiger partial charge is 0.268 e. The van der Waals surface area contributed by atoms with Gasteiger partial charge >= 0.3 is 0 Å². The molecular formula is C19H15N5O2. The van der Waals surface area contributed by atoms with Crippen LogP contribution in [0.5, 0.6) is 0 Å². The summed E-state index contributed by atoms with van der Waals surface area (Å²) in [6.45, 7) is 2.58. The molecule has 1 aromatic carbocycles. The summed E-state index contributed by atoms with van der Waals surface area (Å²) in [5, 5.41) is 15.3. The second-order valence-corrected chi connectivity index (χ2v) is 6.23. The van der Waals surface area contributed by atoms with E-state index in [1.54, 1.807) is 24.3 Å². The molecule has 2 N–H and O–H groups in total. The standard InChI is InChI=1S/C19H15N5O2/c1-11-9-22-19(26)17-6-12-2-3-13(7-16(12)24(11)17)18(25)23-15-5-4-14(8-20)21-10-15/h2-7,10-11H,9H2,1H3,(H,22,26)(H,23,25). The van der Waals surface area contributed by atoms with E-state index in [4.69, 9.17) is 5.26 Å². The molecule has 3 heterocycles. The van der Waals surface area contributed by atoms with Crippen molar-refractivity contribution in [2.75, 3.05) is 11.9 Å².